The van der Waals surface area contributed by atoms with Crippen LogP contribution >= 0.6 is 34.0 Å². The number of anilines is 3. The summed E-state index contributed by atoms with van der Waals surface area (Å²) in [5.74, 6) is 0. The van der Waals surface area contributed by atoms with E-state index in [1.54, 1.807) is 0 Å². The summed E-state index contributed by atoms with van der Waals surface area (Å²) in [6, 6.07) is 99.2. The molecule has 12 heterocycles. The molecule has 0 radical (unpaired) electrons. The minimum Gasteiger partial charge on any atom is -0.454 e. The summed E-state index contributed by atoms with van der Waals surface area (Å²) in [7, 11) is 0. The number of nitrogens with zero attached hydrogens (tertiary/aromatic N) is 5. The molecule has 0 N–H and O–H groups in total. The number of benzene rings is 13. The maximum atomic E-state index is 6.92. The number of aryl methyl sites for hydroxylation is 2. The van der Waals surface area contributed by atoms with Crippen LogP contribution in [0.2, 0.25) is 0 Å². The van der Waals surface area contributed by atoms with Gasteiger partial charge >= 0.3 is 13.7 Å². The van der Waals surface area contributed by atoms with Crippen LogP contribution < -0.4 is 26.8 Å². The zero-order valence-corrected chi connectivity index (χ0v) is 55.8. The number of hydrogen-bond donors (Lipinski definition) is 0. The van der Waals surface area contributed by atoms with Gasteiger partial charge in [-0.1, -0.05) is 176 Å². The Morgan fingerprint density at radius 1 is 0.333 bits per heavy atom. The first-order valence-electron chi connectivity index (χ1n) is 34.2. The van der Waals surface area contributed by atoms with E-state index in [4.69, 9.17) is 4.42 Å². The van der Waals surface area contributed by atoms with E-state index in [0.717, 1.165) is 44.5 Å². The van der Waals surface area contributed by atoms with Gasteiger partial charge in [-0.3, -0.25) is 0 Å². The summed E-state index contributed by atoms with van der Waals surface area (Å²) >= 11 is 5.80. The van der Waals surface area contributed by atoms with Gasteiger partial charge < -0.3 is 27.4 Å². The minimum atomic E-state index is -0.0828. The van der Waals surface area contributed by atoms with Gasteiger partial charge in [0.05, 0.1) is 20.7 Å². The molecule has 0 saturated carbocycles. The molecule has 456 valence electrons. The average Bonchev–Trinajstić information content (AvgIpc) is 1.53. The number of fused-ring (bicyclic) bond motifs is 28. The summed E-state index contributed by atoms with van der Waals surface area (Å²) in [5.41, 5.74) is 31.9. The number of hydrogen-bond acceptors (Lipinski definition) is 5. The molecule has 25 rings (SSSR count). The zero-order valence-electron chi connectivity index (χ0n) is 53.3. The highest BCUT2D eigenvalue weighted by molar-refractivity contribution is 7.27. The highest BCUT2D eigenvalue weighted by Gasteiger charge is 2.45. The molecule has 0 saturated heterocycles. The Morgan fingerprint density at radius 3 is 1.58 bits per heavy atom. The Balaban J connectivity index is 0.697. The van der Waals surface area contributed by atoms with Crippen LogP contribution in [0.25, 0.3) is 182 Å². The molecule has 11 heteroatoms. The SMILES string of the molecule is Cc1cccc(C)c1-c1cc2c3c(c1)-n1c4c(cccc4c4oc5ccccc5c41)B3n1c3sc4cc(-c5cccc(N(c6ccccc6)c6cc7c8c(c6)-n6c9sc%10ccccc%10c9c9cccc(c96)B8n6c8sc9ccccc9c8c8cccc-7c86)c5)ccc4c3c3cccc-2c31. The molecule has 0 unspecified atom stereocenters. The second-order valence-electron chi connectivity index (χ2n) is 27.8. The van der Waals surface area contributed by atoms with Crippen LogP contribution in [0, 0.1) is 13.8 Å². The summed E-state index contributed by atoms with van der Waals surface area (Å²) in [6.45, 7) is 4.40. The Morgan fingerprint density at radius 2 is 0.859 bits per heavy atom. The maximum Gasteiger partial charge on any atom is 0.333 e. The molecule has 0 fully saturated rings. The highest BCUT2D eigenvalue weighted by atomic mass is 32.1. The smallest absolute Gasteiger partial charge is 0.333 e. The molecule has 0 amide bonds. The van der Waals surface area contributed by atoms with Crippen molar-refractivity contribution >= 4 is 213 Å². The molecule has 99 heavy (non-hydrogen) atoms. The van der Waals surface area contributed by atoms with E-state index in [0.29, 0.717) is 0 Å². The fourth-order valence-electron chi connectivity index (χ4n) is 19.2. The number of furan rings is 1. The van der Waals surface area contributed by atoms with Crippen LogP contribution in [0.5, 0.6) is 0 Å². The molecule has 0 aliphatic carbocycles. The third-order valence-electron chi connectivity index (χ3n) is 22.9. The maximum absolute atomic E-state index is 6.92. The van der Waals surface area contributed by atoms with Crippen molar-refractivity contribution in [3.05, 3.63) is 272 Å². The highest BCUT2D eigenvalue weighted by Crippen LogP contribution is 2.54. The van der Waals surface area contributed by atoms with Crippen molar-refractivity contribution in [3.8, 4) is 55.9 Å². The molecular weight excluding hydrogens is 1260 g/mol. The van der Waals surface area contributed by atoms with Gasteiger partial charge in [-0.2, -0.15) is 0 Å². The van der Waals surface area contributed by atoms with Crippen LogP contribution in [0.3, 0.4) is 0 Å². The number of para-hydroxylation sites is 6. The van der Waals surface area contributed by atoms with E-state index in [-0.39, 0.29) is 13.7 Å². The van der Waals surface area contributed by atoms with Crippen LogP contribution in [-0.2, 0) is 0 Å². The summed E-state index contributed by atoms with van der Waals surface area (Å²) < 4.78 is 21.5. The van der Waals surface area contributed by atoms with E-state index >= 15 is 0 Å². The van der Waals surface area contributed by atoms with Crippen LogP contribution in [0.15, 0.2) is 265 Å². The van der Waals surface area contributed by atoms with Gasteiger partial charge in [-0.25, -0.2) is 0 Å². The van der Waals surface area contributed by atoms with Gasteiger partial charge in [-0.15, -0.1) is 34.0 Å². The second-order valence-corrected chi connectivity index (χ2v) is 30.9. The van der Waals surface area contributed by atoms with E-state index in [1.807, 2.05) is 34.0 Å². The Kier molecular flexibility index (Phi) is 9.74. The van der Waals surface area contributed by atoms with Crippen molar-refractivity contribution in [1.82, 2.24) is 18.1 Å². The Labute approximate surface area is 578 Å². The molecule has 13 aromatic carbocycles. The lowest BCUT2D eigenvalue weighted by Gasteiger charge is -2.35. The largest absolute Gasteiger partial charge is 0.454 e. The predicted octanol–water partition coefficient (Wildman–Crippen LogP) is 21.8. The van der Waals surface area contributed by atoms with Crippen molar-refractivity contribution in [2.75, 3.05) is 4.90 Å². The first-order chi connectivity index (χ1) is 49.0. The predicted molar refractivity (Wildman–Crippen MR) is 424 cm³/mol. The van der Waals surface area contributed by atoms with Crippen molar-refractivity contribution in [2.45, 2.75) is 13.8 Å². The third kappa shape index (κ3) is 6.39. The van der Waals surface area contributed by atoms with Crippen LogP contribution in [0.4, 0.5) is 17.1 Å². The van der Waals surface area contributed by atoms with Crippen molar-refractivity contribution in [3.63, 3.8) is 0 Å². The molecule has 4 aliphatic heterocycles. The molecule has 8 aromatic heterocycles. The van der Waals surface area contributed by atoms with Crippen molar-refractivity contribution in [1.29, 1.82) is 0 Å². The van der Waals surface area contributed by atoms with E-state index in [2.05, 4.69) is 298 Å². The Hall–Kier alpha value is -11.6. The summed E-state index contributed by atoms with van der Waals surface area (Å²) in [6.07, 6.45) is 0. The Bertz CT molecular complexity index is 7350. The standard InChI is InChI=1S/C88H49B2N5OS3/c1-46-18-12-19-47(2)74(46)50-41-64-54-27-14-30-61-77-59-39-38-49(43-73(59)99-88(77)95(80(54)61)90-67-34-17-32-63-83(67)92(68(42-50)78(64)90)84-56-24-6-9-35-70(56)96-85(63)84)48-20-13-23-52(40-48)91(51-21-4-3-5-22-51)53-44-65-55-28-15-29-60-76-58-26-8-11-37-72(58)98-87(76)94(81(55)60)89-66-33-16-31-62-75-57-25-7-10-36-71(57)97-86(75)93(82(62)66)69(45-53)79(65)89/h3-45H,1-2H3. The van der Waals surface area contributed by atoms with E-state index in [9.17, 15) is 0 Å². The topological polar surface area (TPSA) is 36.1 Å². The number of aromatic nitrogens is 4. The van der Waals surface area contributed by atoms with Crippen LogP contribution in [0.1, 0.15) is 11.1 Å². The summed E-state index contributed by atoms with van der Waals surface area (Å²) in [5, 5.41) is 14.2. The third-order valence-corrected chi connectivity index (χ3v) is 26.4. The summed E-state index contributed by atoms with van der Waals surface area (Å²) in [4.78, 5) is 6.44. The van der Waals surface area contributed by atoms with Gasteiger partial charge in [0.25, 0.3) is 0 Å². The molecule has 4 aliphatic rings. The quantitative estimate of drug-likeness (QED) is 0.161. The lowest BCUT2D eigenvalue weighted by atomic mass is 9.45. The molecule has 0 spiro atoms. The van der Waals surface area contributed by atoms with Crippen molar-refractivity contribution < 1.29 is 4.42 Å². The van der Waals surface area contributed by atoms with Crippen LogP contribution in [-0.4, -0.2) is 31.8 Å². The average molecular weight is 1310 g/mol. The van der Waals surface area contributed by atoms with E-state index < -0.39 is 0 Å². The van der Waals surface area contributed by atoms with Gasteiger partial charge in [0.1, 0.15) is 15.9 Å². The minimum absolute atomic E-state index is 0.0417. The van der Waals surface area contributed by atoms with Gasteiger partial charge in [0, 0.05) is 124 Å². The van der Waals surface area contributed by atoms with Gasteiger partial charge in [-0.05, 0) is 165 Å². The van der Waals surface area contributed by atoms with Gasteiger partial charge in [0.2, 0.25) is 0 Å². The monoisotopic (exact) mass is 1310 g/mol. The molecule has 6 nitrogen and oxygen atoms in total. The normalized spacial score (nSPS) is 13.3. The van der Waals surface area contributed by atoms with Gasteiger partial charge in [0.15, 0.2) is 5.58 Å². The fourth-order valence-corrected chi connectivity index (χ4v) is 23.0. The second kappa shape index (κ2) is 18.3. The molecule has 0 atom stereocenters. The zero-order chi connectivity index (χ0) is 64.1. The first-order valence-corrected chi connectivity index (χ1v) is 36.6. The molecule has 0 bridgehead atoms. The lowest BCUT2D eigenvalue weighted by Crippen LogP contribution is -2.55. The lowest BCUT2D eigenvalue weighted by molar-refractivity contribution is 0.673. The number of rotatable bonds is 5. The number of thiophene rings is 3. The fraction of sp³-hybridized carbons (Fsp3) is 0.0227. The van der Waals surface area contributed by atoms with E-state index in [1.165, 1.54) is 188 Å². The molecular formula is C88H49B2N5OS3. The van der Waals surface area contributed by atoms with Crippen molar-refractivity contribution in [2.24, 2.45) is 0 Å². The first kappa shape index (κ1) is 52.6. The molecule has 21 aromatic rings.